The largest absolute Gasteiger partial charge is 0.284 e. The van der Waals surface area contributed by atoms with E-state index in [1.165, 1.54) is 18.2 Å². The molecule has 0 amide bonds. The maximum Gasteiger partial charge on any atom is 0.229 e. The van der Waals surface area contributed by atoms with Crippen molar-refractivity contribution in [1.82, 2.24) is 0 Å². The summed E-state index contributed by atoms with van der Waals surface area (Å²) < 4.78 is 36.7. The van der Waals surface area contributed by atoms with Gasteiger partial charge in [-0.2, -0.15) is 0 Å². The average Bonchev–Trinajstić information content (AvgIpc) is 1.94. The molecule has 0 atom stereocenters. The molecular weight excluding hydrogens is 261 g/mol. The highest BCUT2D eigenvalue weighted by Crippen LogP contribution is 2.20. The maximum absolute atomic E-state index is 12.7. The zero-order chi connectivity index (χ0) is 10.1. The third-order valence-corrected chi connectivity index (χ3v) is 2.44. The number of hydrogen-bond acceptors (Lipinski definition) is 2. The van der Waals surface area contributed by atoms with Gasteiger partial charge in [0.15, 0.2) is 0 Å². The normalized spacial score (nSPS) is 11.3. The fourth-order valence-corrected chi connectivity index (χ4v) is 1.71. The van der Waals surface area contributed by atoms with E-state index in [0.717, 1.165) is 6.26 Å². The lowest BCUT2D eigenvalue weighted by atomic mass is 10.3. The molecule has 0 aliphatic carbocycles. The molecule has 1 N–H and O–H groups in total. The Kier molecular flexibility index (Phi) is 2.92. The molecule has 1 rings (SSSR count). The Morgan fingerprint density at radius 1 is 1.46 bits per heavy atom. The van der Waals surface area contributed by atoms with Crippen molar-refractivity contribution in [3.8, 4) is 0 Å². The molecule has 0 saturated heterocycles. The van der Waals surface area contributed by atoms with E-state index in [4.69, 9.17) is 0 Å². The molecule has 0 heterocycles. The highest BCUT2D eigenvalue weighted by Gasteiger charge is 2.04. The van der Waals surface area contributed by atoms with E-state index in [0.29, 0.717) is 5.69 Å². The number of nitrogens with one attached hydrogen (secondary N) is 1. The summed E-state index contributed by atoms with van der Waals surface area (Å²) >= 11 is 2.94. The van der Waals surface area contributed by atoms with Gasteiger partial charge < -0.3 is 0 Å². The van der Waals surface area contributed by atoms with Crippen LogP contribution >= 0.6 is 15.9 Å². The van der Waals surface area contributed by atoms with E-state index in [1.54, 1.807) is 0 Å². The van der Waals surface area contributed by atoms with Crippen molar-refractivity contribution >= 4 is 31.6 Å². The van der Waals surface area contributed by atoms with Gasteiger partial charge in [-0.1, -0.05) is 0 Å². The van der Waals surface area contributed by atoms with Gasteiger partial charge in [-0.15, -0.1) is 0 Å². The highest BCUT2D eigenvalue weighted by atomic mass is 79.9. The van der Waals surface area contributed by atoms with Crippen LogP contribution in [0.5, 0.6) is 0 Å². The molecule has 1 aromatic rings. The summed E-state index contributed by atoms with van der Waals surface area (Å²) in [6.07, 6.45) is 1.03. The van der Waals surface area contributed by atoms with Crippen LogP contribution in [0, 0.1) is 5.82 Å². The van der Waals surface area contributed by atoms with E-state index in [2.05, 4.69) is 20.7 Å². The molecule has 0 saturated carbocycles. The molecule has 13 heavy (non-hydrogen) atoms. The van der Waals surface area contributed by atoms with Gasteiger partial charge in [0.25, 0.3) is 0 Å². The maximum atomic E-state index is 12.7. The first-order valence-corrected chi connectivity index (χ1v) is 6.00. The Labute approximate surface area is 84.1 Å². The van der Waals surface area contributed by atoms with E-state index in [1.807, 2.05) is 0 Å². The number of rotatable bonds is 2. The zero-order valence-corrected chi connectivity index (χ0v) is 9.12. The molecule has 0 fully saturated rings. The number of anilines is 1. The van der Waals surface area contributed by atoms with Crippen LogP contribution in [-0.2, 0) is 10.0 Å². The van der Waals surface area contributed by atoms with E-state index < -0.39 is 15.8 Å². The lowest BCUT2D eigenvalue weighted by molar-refractivity contribution is 0.606. The third kappa shape index (κ3) is 3.31. The van der Waals surface area contributed by atoms with Crippen LogP contribution in [0.3, 0.4) is 0 Å². The van der Waals surface area contributed by atoms with E-state index in [-0.39, 0.29) is 4.47 Å². The molecule has 3 nitrogen and oxygen atoms in total. The minimum Gasteiger partial charge on any atom is -0.284 e. The van der Waals surface area contributed by atoms with Crippen molar-refractivity contribution in [2.24, 2.45) is 0 Å². The van der Waals surface area contributed by atoms with Gasteiger partial charge in [-0.05, 0) is 34.1 Å². The molecule has 0 spiro atoms. The summed E-state index contributed by atoms with van der Waals surface area (Å²) in [4.78, 5) is 0. The summed E-state index contributed by atoms with van der Waals surface area (Å²) in [6.45, 7) is 0. The van der Waals surface area contributed by atoms with Gasteiger partial charge in [-0.3, -0.25) is 4.72 Å². The monoisotopic (exact) mass is 267 g/mol. The molecule has 0 aliphatic heterocycles. The standard InChI is InChI=1S/C7H7BrFNO2S/c1-13(11,12)10-5-2-3-7(9)6(8)4-5/h2-4,10H,1H3. The Bertz CT molecular complexity index is 419. The smallest absolute Gasteiger partial charge is 0.229 e. The van der Waals surface area contributed by atoms with Crippen LogP contribution < -0.4 is 4.72 Å². The Balaban J connectivity index is 2.99. The van der Waals surface area contributed by atoms with Crippen LogP contribution in [0.25, 0.3) is 0 Å². The Morgan fingerprint density at radius 3 is 2.54 bits per heavy atom. The van der Waals surface area contributed by atoms with Crippen LogP contribution in [-0.4, -0.2) is 14.7 Å². The van der Waals surface area contributed by atoms with Gasteiger partial charge in [0.2, 0.25) is 10.0 Å². The van der Waals surface area contributed by atoms with Crippen molar-refractivity contribution in [2.75, 3.05) is 11.0 Å². The van der Waals surface area contributed by atoms with Crippen molar-refractivity contribution in [3.05, 3.63) is 28.5 Å². The van der Waals surface area contributed by atoms with Crippen LogP contribution in [0.2, 0.25) is 0 Å². The Hall–Kier alpha value is -0.620. The average molecular weight is 268 g/mol. The molecule has 0 bridgehead atoms. The second kappa shape index (κ2) is 3.63. The summed E-state index contributed by atoms with van der Waals surface area (Å²) in [5.41, 5.74) is 0.329. The van der Waals surface area contributed by atoms with Gasteiger partial charge in [0.05, 0.1) is 10.7 Å². The lowest BCUT2D eigenvalue weighted by Gasteiger charge is -2.03. The fraction of sp³-hybridized carbons (Fsp3) is 0.143. The van der Waals surface area contributed by atoms with E-state index >= 15 is 0 Å². The first-order chi connectivity index (χ1) is 5.88. The van der Waals surface area contributed by atoms with E-state index in [9.17, 15) is 12.8 Å². The number of hydrogen-bond donors (Lipinski definition) is 1. The molecule has 0 aliphatic rings. The molecule has 0 unspecified atom stereocenters. The van der Waals surface area contributed by atoms with Gasteiger partial charge in [0, 0.05) is 5.69 Å². The van der Waals surface area contributed by atoms with Crippen molar-refractivity contribution in [1.29, 1.82) is 0 Å². The molecular formula is C7H7BrFNO2S. The lowest BCUT2D eigenvalue weighted by Crippen LogP contribution is -2.09. The van der Waals surface area contributed by atoms with Crippen molar-refractivity contribution in [3.63, 3.8) is 0 Å². The quantitative estimate of drug-likeness (QED) is 0.891. The molecule has 0 aromatic heterocycles. The minimum absolute atomic E-state index is 0.223. The van der Waals surface area contributed by atoms with Gasteiger partial charge >= 0.3 is 0 Å². The molecule has 6 heteroatoms. The van der Waals surface area contributed by atoms with Crippen molar-refractivity contribution in [2.45, 2.75) is 0 Å². The number of halogens is 2. The SMILES string of the molecule is CS(=O)(=O)Nc1ccc(F)c(Br)c1. The summed E-state index contributed by atoms with van der Waals surface area (Å²) in [6, 6.07) is 3.88. The van der Waals surface area contributed by atoms with Gasteiger partial charge in [-0.25, -0.2) is 12.8 Å². The topological polar surface area (TPSA) is 46.2 Å². The predicted molar refractivity (Wildman–Crippen MR) is 52.6 cm³/mol. The summed E-state index contributed by atoms with van der Waals surface area (Å²) in [7, 11) is -3.30. The fourth-order valence-electron chi connectivity index (χ4n) is 0.774. The van der Waals surface area contributed by atoms with Crippen LogP contribution in [0.15, 0.2) is 22.7 Å². The Morgan fingerprint density at radius 2 is 2.08 bits per heavy atom. The second-order valence-corrected chi connectivity index (χ2v) is 5.11. The molecule has 0 radical (unpaired) electrons. The molecule has 1 aromatic carbocycles. The van der Waals surface area contributed by atoms with Crippen LogP contribution in [0.1, 0.15) is 0 Å². The third-order valence-electron chi connectivity index (χ3n) is 1.22. The van der Waals surface area contributed by atoms with Crippen LogP contribution in [0.4, 0.5) is 10.1 Å². The van der Waals surface area contributed by atoms with Crippen molar-refractivity contribution < 1.29 is 12.8 Å². The first-order valence-electron chi connectivity index (χ1n) is 3.31. The second-order valence-electron chi connectivity index (χ2n) is 2.50. The summed E-state index contributed by atoms with van der Waals surface area (Å²) in [5.74, 6) is -0.431. The summed E-state index contributed by atoms with van der Waals surface area (Å²) in [5, 5.41) is 0. The number of sulfonamides is 1. The highest BCUT2D eigenvalue weighted by molar-refractivity contribution is 9.10. The first kappa shape index (κ1) is 10.5. The van der Waals surface area contributed by atoms with Gasteiger partial charge in [0.1, 0.15) is 5.82 Å². The number of benzene rings is 1. The zero-order valence-electron chi connectivity index (χ0n) is 6.71. The predicted octanol–water partition coefficient (Wildman–Crippen LogP) is 1.96. The minimum atomic E-state index is -3.30. The molecule has 72 valence electrons.